The van der Waals surface area contributed by atoms with Crippen LogP contribution in [0.15, 0.2) is 48.0 Å². The second-order valence-corrected chi connectivity index (χ2v) is 8.68. The van der Waals surface area contributed by atoms with Gasteiger partial charge >= 0.3 is 0 Å². The molecule has 1 amide bonds. The number of rotatable bonds is 12. The van der Waals surface area contributed by atoms with Gasteiger partial charge in [0.2, 0.25) is 0 Å². The molecule has 0 aromatic heterocycles. The first-order valence-electron chi connectivity index (χ1n) is 12.4. The molecule has 1 heterocycles. The summed E-state index contributed by atoms with van der Waals surface area (Å²) in [7, 11) is 3.91. The van der Waals surface area contributed by atoms with Gasteiger partial charge in [-0.05, 0) is 89.8 Å². The first-order valence-corrected chi connectivity index (χ1v) is 12.4. The number of hydrogen-bond donors (Lipinski definition) is 1. The van der Waals surface area contributed by atoms with Gasteiger partial charge in [0.05, 0.1) is 31.4 Å². The Balaban J connectivity index is 2.11. The van der Waals surface area contributed by atoms with E-state index in [-0.39, 0.29) is 11.3 Å². The van der Waals surface area contributed by atoms with Gasteiger partial charge in [-0.3, -0.25) is 9.59 Å². The van der Waals surface area contributed by atoms with E-state index in [9.17, 15) is 14.7 Å². The molecule has 0 aliphatic carbocycles. The third-order valence-electron chi connectivity index (χ3n) is 5.87. The Morgan fingerprint density at radius 3 is 2.17 bits per heavy atom. The standard InChI is InChI=1S/C28H36N2O6/c1-6-34-21-13-10-19(11-14-21)26(31)24-25(30(28(33)27(24)32)17-9-16-29(4)5)20-12-15-22(35-7-2)23(18-20)36-8-3/h10-15,18,25,31H,6-9,16-17H2,1-5H3/b26-24+/t25-/m0/s1. The van der Waals surface area contributed by atoms with Crippen molar-refractivity contribution in [3.63, 3.8) is 0 Å². The molecule has 0 radical (unpaired) electrons. The zero-order valence-corrected chi connectivity index (χ0v) is 21.7. The van der Waals surface area contributed by atoms with Gasteiger partial charge in [-0.2, -0.15) is 0 Å². The summed E-state index contributed by atoms with van der Waals surface area (Å²) in [6.45, 7) is 8.19. The first kappa shape index (κ1) is 27.1. The van der Waals surface area contributed by atoms with Crippen molar-refractivity contribution >= 4 is 17.4 Å². The highest BCUT2D eigenvalue weighted by Crippen LogP contribution is 2.42. The molecule has 0 saturated carbocycles. The fraction of sp³-hybridized carbons (Fsp3) is 0.429. The number of ketones is 1. The van der Waals surface area contributed by atoms with Gasteiger partial charge in [0.15, 0.2) is 11.5 Å². The molecule has 1 N–H and O–H groups in total. The maximum Gasteiger partial charge on any atom is 0.295 e. The summed E-state index contributed by atoms with van der Waals surface area (Å²) in [6.07, 6.45) is 0.676. The van der Waals surface area contributed by atoms with Crippen LogP contribution in [0.4, 0.5) is 0 Å². The lowest BCUT2D eigenvalue weighted by Crippen LogP contribution is -2.32. The highest BCUT2D eigenvalue weighted by Gasteiger charge is 2.46. The number of aliphatic hydroxyl groups is 1. The van der Waals surface area contributed by atoms with Crippen LogP contribution in [0.2, 0.25) is 0 Å². The van der Waals surface area contributed by atoms with Crippen molar-refractivity contribution in [2.24, 2.45) is 0 Å². The van der Waals surface area contributed by atoms with Crippen LogP contribution in [0.3, 0.4) is 0 Å². The Morgan fingerprint density at radius 1 is 0.917 bits per heavy atom. The number of carbonyl (C=O) groups excluding carboxylic acids is 2. The number of ether oxygens (including phenoxy) is 3. The number of benzene rings is 2. The maximum absolute atomic E-state index is 13.3. The molecule has 2 aromatic carbocycles. The molecule has 2 aromatic rings. The predicted molar refractivity (Wildman–Crippen MR) is 139 cm³/mol. The third kappa shape index (κ3) is 5.99. The van der Waals surface area contributed by atoms with Gasteiger partial charge in [-0.15, -0.1) is 0 Å². The predicted octanol–water partition coefficient (Wildman–Crippen LogP) is 4.26. The van der Waals surface area contributed by atoms with Crippen LogP contribution in [0.25, 0.3) is 5.76 Å². The van der Waals surface area contributed by atoms with E-state index in [4.69, 9.17) is 14.2 Å². The minimum Gasteiger partial charge on any atom is -0.507 e. The highest BCUT2D eigenvalue weighted by atomic mass is 16.5. The summed E-state index contributed by atoms with van der Waals surface area (Å²) < 4.78 is 17.0. The van der Waals surface area contributed by atoms with E-state index in [2.05, 4.69) is 0 Å². The normalized spacial score (nSPS) is 17.1. The molecule has 0 bridgehead atoms. The molecule has 1 saturated heterocycles. The summed E-state index contributed by atoms with van der Waals surface area (Å²) in [5.41, 5.74) is 1.16. The molecule has 1 fully saturated rings. The fourth-order valence-corrected chi connectivity index (χ4v) is 4.28. The van der Waals surface area contributed by atoms with Crippen LogP contribution in [-0.2, 0) is 9.59 Å². The Labute approximate surface area is 213 Å². The average Bonchev–Trinajstić information content (AvgIpc) is 3.10. The summed E-state index contributed by atoms with van der Waals surface area (Å²) in [5.74, 6) is 0.211. The smallest absolute Gasteiger partial charge is 0.295 e. The molecule has 1 aliphatic rings. The van der Waals surface area contributed by atoms with Crippen LogP contribution >= 0.6 is 0 Å². The topological polar surface area (TPSA) is 88.5 Å². The zero-order chi connectivity index (χ0) is 26.2. The quantitative estimate of drug-likeness (QED) is 0.267. The van der Waals surface area contributed by atoms with Gasteiger partial charge < -0.3 is 29.1 Å². The van der Waals surface area contributed by atoms with E-state index in [1.807, 2.05) is 45.8 Å². The van der Waals surface area contributed by atoms with Crippen molar-refractivity contribution in [1.82, 2.24) is 9.80 Å². The Morgan fingerprint density at radius 2 is 1.56 bits per heavy atom. The average molecular weight is 497 g/mol. The number of likely N-dealkylation sites (tertiary alicyclic amines) is 1. The lowest BCUT2D eigenvalue weighted by Gasteiger charge is -2.26. The van der Waals surface area contributed by atoms with Crippen LogP contribution < -0.4 is 14.2 Å². The molecule has 8 nitrogen and oxygen atoms in total. The molecule has 1 atom stereocenters. The zero-order valence-electron chi connectivity index (χ0n) is 21.7. The van der Waals surface area contributed by atoms with Gasteiger partial charge in [0.1, 0.15) is 11.5 Å². The fourth-order valence-electron chi connectivity index (χ4n) is 4.28. The molecule has 1 aliphatic heterocycles. The van der Waals surface area contributed by atoms with E-state index in [1.165, 1.54) is 4.90 Å². The van der Waals surface area contributed by atoms with Crippen LogP contribution in [0, 0.1) is 0 Å². The van der Waals surface area contributed by atoms with E-state index in [0.29, 0.717) is 61.2 Å². The van der Waals surface area contributed by atoms with Crippen molar-refractivity contribution in [3.05, 3.63) is 59.2 Å². The largest absolute Gasteiger partial charge is 0.507 e. The van der Waals surface area contributed by atoms with E-state index >= 15 is 0 Å². The molecule has 8 heteroatoms. The SMILES string of the molecule is CCOc1ccc(/C(O)=C2\C(=O)C(=O)N(CCCN(C)C)[C@H]2c2ccc(OCC)c(OCC)c2)cc1. The van der Waals surface area contributed by atoms with Crippen molar-refractivity contribution in [3.8, 4) is 17.2 Å². The number of aliphatic hydroxyl groups excluding tert-OH is 1. The Kier molecular flexibility index (Phi) is 9.36. The summed E-state index contributed by atoms with van der Waals surface area (Å²) >= 11 is 0. The molecule has 0 unspecified atom stereocenters. The number of hydrogen-bond acceptors (Lipinski definition) is 7. The van der Waals surface area contributed by atoms with Crippen molar-refractivity contribution in [2.45, 2.75) is 33.2 Å². The highest BCUT2D eigenvalue weighted by molar-refractivity contribution is 6.46. The Hall–Kier alpha value is -3.52. The van der Waals surface area contributed by atoms with Crippen LogP contribution in [0.1, 0.15) is 44.4 Å². The minimum absolute atomic E-state index is 0.0561. The molecule has 36 heavy (non-hydrogen) atoms. The van der Waals surface area contributed by atoms with Crippen LogP contribution in [-0.4, -0.2) is 73.6 Å². The van der Waals surface area contributed by atoms with Gasteiger partial charge in [0.25, 0.3) is 11.7 Å². The van der Waals surface area contributed by atoms with E-state index in [1.54, 1.807) is 36.4 Å². The van der Waals surface area contributed by atoms with Gasteiger partial charge in [-0.25, -0.2) is 0 Å². The summed E-state index contributed by atoms with van der Waals surface area (Å²) in [6, 6.07) is 11.4. The maximum atomic E-state index is 13.3. The van der Waals surface area contributed by atoms with Crippen molar-refractivity contribution in [1.29, 1.82) is 0 Å². The number of nitrogens with zero attached hydrogens (tertiary/aromatic N) is 2. The monoisotopic (exact) mass is 496 g/mol. The van der Waals surface area contributed by atoms with Gasteiger partial charge in [-0.1, -0.05) is 6.07 Å². The molecule has 3 rings (SSSR count). The van der Waals surface area contributed by atoms with Crippen molar-refractivity contribution in [2.75, 3.05) is 47.0 Å². The van der Waals surface area contributed by atoms with Crippen molar-refractivity contribution < 1.29 is 28.9 Å². The summed E-state index contributed by atoms with van der Waals surface area (Å²) in [4.78, 5) is 30.0. The molecular formula is C28H36N2O6. The summed E-state index contributed by atoms with van der Waals surface area (Å²) in [5, 5.41) is 11.3. The lowest BCUT2D eigenvalue weighted by molar-refractivity contribution is -0.139. The number of amides is 1. The number of Topliss-reactive ketones (excluding diaryl/α,β-unsaturated/α-hetero) is 1. The minimum atomic E-state index is -0.756. The van der Waals surface area contributed by atoms with Crippen LogP contribution in [0.5, 0.6) is 17.2 Å². The van der Waals surface area contributed by atoms with E-state index in [0.717, 1.165) is 6.54 Å². The first-order chi connectivity index (χ1) is 17.3. The molecule has 0 spiro atoms. The van der Waals surface area contributed by atoms with Gasteiger partial charge in [0, 0.05) is 12.1 Å². The lowest BCUT2D eigenvalue weighted by atomic mass is 9.95. The molecular weight excluding hydrogens is 460 g/mol. The molecule has 194 valence electrons. The second kappa shape index (κ2) is 12.4. The Bertz CT molecular complexity index is 1090. The third-order valence-corrected chi connectivity index (χ3v) is 5.87. The number of carbonyl (C=O) groups is 2. The second-order valence-electron chi connectivity index (χ2n) is 8.68. The van der Waals surface area contributed by atoms with E-state index < -0.39 is 17.7 Å².